The summed E-state index contributed by atoms with van der Waals surface area (Å²) in [5.74, 6) is -5.39. The van der Waals surface area contributed by atoms with E-state index in [9.17, 15) is 39.0 Å². The van der Waals surface area contributed by atoms with Crippen LogP contribution >= 0.6 is 0 Å². The topological polar surface area (TPSA) is 218 Å². The van der Waals surface area contributed by atoms with E-state index in [2.05, 4.69) is 16.0 Å². The van der Waals surface area contributed by atoms with Crippen LogP contribution in [0.5, 0.6) is 0 Å². The van der Waals surface area contributed by atoms with E-state index in [1.165, 1.54) is 6.07 Å². The first-order valence-electron chi connectivity index (χ1n) is 11.4. The Kier molecular flexibility index (Phi) is 9.49. The van der Waals surface area contributed by atoms with E-state index >= 15 is 0 Å². The largest absolute Gasteiger partial charge is 0.481 e. The summed E-state index contributed by atoms with van der Waals surface area (Å²) in [5, 5.41) is 26.3. The van der Waals surface area contributed by atoms with Gasteiger partial charge in [0.2, 0.25) is 23.2 Å². The number of primary amides is 1. The van der Waals surface area contributed by atoms with Crippen molar-refractivity contribution in [1.82, 2.24) is 16.0 Å². The molecule has 0 saturated heterocycles. The van der Waals surface area contributed by atoms with Gasteiger partial charge in [0.25, 0.3) is 5.91 Å². The van der Waals surface area contributed by atoms with Crippen molar-refractivity contribution in [3.05, 3.63) is 46.3 Å². The van der Waals surface area contributed by atoms with Gasteiger partial charge in [-0.3, -0.25) is 28.8 Å². The Morgan fingerprint density at radius 2 is 1.70 bits per heavy atom. The summed E-state index contributed by atoms with van der Waals surface area (Å²) in [6.07, 6.45) is -0.462. The highest BCUT2D eigenvalue weighted by Crippen LogP contribution is 2.12. The summed E-state index contributed by atoms with van der Waals surface area (Å²) in [7, 11) is 0. The third-order valence-corrected chi connectivity index (χ3v) is 5.18. The standard InChI is InChI=1S/C24H30N4O9/c1-12(2)8-15(26-21(33)14-11-37-17-7-5-4-6-13(17)20(14)32)22(34)27-16(9-19(30)31)23(35)28-24(3,36)10-18(25)29/h4-7,11-12,15-16,36H,8-10H2,1-3H3,(H2,25,29)(H,26,33)(H,27,34)(H,28,35)(H,30,31)/t15-,16-,24?/m0/s1. The van der Waals surface area contributed by atoms with Crippen LogP contribution in [0.15, 0.2) is 39.7 Å². The highest BCUT2D eigenvalue weighted by atomic mass is 16.4. The summed E-state index contributed by atoms with van der Waals surface area (Å²) in [4.78, 5) is 73.7. The predicted molar refractivity (Wildman–Crippen MR) is 130 cm³/mol. The molecule has 0 fully saturated rings. The van der Waals surface area contributed by atoms with Gasteiger partial charge in [0, 0.05) is 0 Å². The van der Waals surface area contributed by atoms with Gasteiger partial charge in [-0.2, -0.15) is 0 Å². The van der Waals surface area contributed by atoms with E-state index in [1.807, 2.05) is 0 Å². The molecular weight excluding hydrogens is 488 g/mol. The predicted octanol–water partition coefficient (Wildman–Crippen LogP) is -0.403. The molecule has 0 aliphatic rings. The van der Waals surface area contributed by atoms with Crippen molar-refractivity contribution in [2.75, 3.05) is 0 Å². The molecule has 0 radical (unpaired) electrons. The van der Waals surface area contributed by atoms with Gasteiger partial charge < -0.3 is 36.3 Å². The molecule has 0 spiro atoms. The highest BCUT2D eigenvalue weighted by Gasteiger charge is 2.33. The van der Waals surface area contributed by atoms with Gasteiger partial charge in [0.15, 0.2) is 0 Å². The lowest BCUT2D eigenvalue weighted by molar-refractivity contribution is -0.143. The molecule has 4 amide bonds. The van der Waals surface area contributed by atoms with Crippen LogP contribution in [0.4, 0.5) is 0 Å². The van der Waals surface area contributed by atoms with Crippen LogP contribution in [0, 0.1) is 5.92 Å². The fraction of sp³-hybridized carbons (Fsp3) is 0.417. The van der Waals surface area contributed by atoms with E-state index < -0.39 is 65.7 Å². The number of carbonyl (C=O) groups excluding carboxylic acids is 4. The first-order chi connectivity index (χ1) is 17.2. The summed E-state index contributed by atoms with van der Waals surface area (Å²) in [6, 6.07) is 3.38. The zero-order valence-corrected chi connectivity index (χ0v) is 20.6. The number of nitrogens with one attached hydrogen (secondary N) is 3. The minimum Gasteiger partial charge on any atom is -0.481 e. The first-order valence-corrected chi connectivity index (χ1v) is 11.4. The molecule has 2 rings (SSSR count). The molecule has 2 aromatic rings. The third kappa shape index (κ3) is 8.42. The molecule has 1 aromatic carbocycles. The van der Waals surface area contributed by atoms with Gasteiger partial charge in [0.1, 0.15) is 35.2 Å². The minimum absolute atomic E-state index is 0.0806. The van der Waals surface area contributed by atoms with Gasteiger partial charge in [-0.15, -0.1) is 0 Å². The van der Waals surface area contributed by atoms with Crippen molar-refractivity contribution in [3.8, 4) is 0 Å². The summed E-state index contributed by atoms with van der Waals surface area (Å²) >= 11 is 0. The van der Waals surface area contributed by atoms with E-state index in [4.69, 9.17) is 10.2 Å². The number of hydrogen-bond donors (Lipinski definition) is 6. The number of para-hydroxylation sites is 1. The lowest BCUT2D eigenvalue weighted by Gasteiger charge is -2.27. The van der Waals surface area contributed by atoms with Crippen LogP contribution in [0.1, 0.15) is 50.4 Å². The number of hydrogen-bond acceptors (Lipinski definition) is 8. The maximum Gasteiger partial charge on any atom is 0.305 e. The molecule has 7 N–H and O–H groups in total. The maximum atomic E-state index is 13.0. The Morgan fingerprint density at radius 3 is 2.30 bits per heavy atom. The van der Waals surface area contributed by atoms with E-state index in [0.29, 0.717) is 0 Å². The molecule has 1 aromatic heterocycles. The second-order valence-electron chi connectivity index (χ2n) is 9.20. The Morgan fingerprint density at radius 1 is 1.05 bits per heavy atom. The molecule has 13 nitrogen and oxygen atoms in total. The Hall–Kier alpha value is -4.26. The molecule has 1 unspecified atom stereocenters. The van der Waals surface area contributed by atoms with Gasteiger partial charge in [0.05, 0.1) is 18.2 Å². The van der Waals surface area contributed by atoms with Crippen molar-refractivity contribution in [3.63, 3.8) is 0 Å². The van der Waals surface area contributed by atoms with Crippen LogP contribution < -0.4 is 27.1 Å². The molecule has 1 heterocycles. The van der Waals surface area contributed by atoms with Crippen molar-refractivity contribution in [2.45, 2.75) is 57.8 Å². The number of aliphatic hydroxyl groups is 1. The molecule has 0 aliphatic carbocycles. The Labute approximate surface area is 211 Å². The summed E-state index contributed by atoms with van der Waals surface area (Å²) in [6.45, 7) is 4.60. The van der Waals surface area contributed by atoms with E-state index in [0.717, 1.165) is 13.2 Å². The van der Waals surface area contributed by atoms with E-state index in [1.54, 1.807) is 32.0 Å². The number of rotatable bonds is 12. The fourth-order valence-electron chi connectivity index (χ4n) is 3.57. The molecular formula is C24H30N4O9. The van der Waals surface area contributed by atoms with Crippen molar-refractivity contribution in [2.24, 2.45) is 11.7 Å². The molecule has 37 heavy (non-hydrogen) atoms. The van der Waals surface area contributed by atoms with Gasteiger partial charge in [-0.1, -0.05) is 26.0 Å². The number of amides is 4. The molecule has 0 aliphatic heterocycles. The van der Waals surface area contributed by atoms with Crippen LogP contribution in [0.25, 0.3) is 11.0 Å². The molecule has 3 atom stereocenters. The normalized spacial score (nSPS) is 14.3. The fourth-order valence-corrected chi connectivity index (χ4v) is 3.57. The Bertz CT molecular complexity index is 1250. The molecule has 0 bridgehead atoms. The van der Waals surface area contributed by atoms with Gasteiger partial charge >= 0.3 is 5.97 Å². The van der Waals surface area contributed by atoms with E-state index in [-0.39, 0.29) is 28.9 Å². The van der Waals surface area contributed by atoms with Crippen molar-refractivity contribution in [1.29, 1.82) is 0 Å². The Balaban J connectivity index is 2.26. The third-order valence-electron chi connectivity index (χ3n) is 5.18. The minimum atomic E-state index is -2.10. The highest BCUT2D eigenvalue weighted by molar-refractivity contribution is 6.00. The first kappa shape index (κ1) is 29.0. The quantitative estimate of drug-likeness (QED) is 0.201. The second kappa shape index (κ2) is 12.1. The lowest BCUT2D eigenvalue weighted by Crippen LogP contribution is -2.58. The molecule has 200 valence electrons. The zero-order valence-electron chi connectivity index (χ0n) is 20.6. The number of fused-ring (bicyclic) bond motifs is 1. The molecule has 0 saturated carbocycles. The van der Waals surface area contributed by atoms with Crippen LogP contribution in [0.3, 0.4) is 0 Å². The van der Waals surface area contributed by atoms with Crippen LogP contribution in [0.2, 0.25) is 0 Å². The number of aliphatic carboxylic acids is 1. The zero-order chi connectivity index (χ0) is 27.9. The van der Waals surface area contributed by atoms with Crippen molar-refractivity contribution < 1.29 is 38.6 Å². The van der Waals surface area contributed by atoms with Gasteiger partial charge in [-0.05, 0) is 31.4 Å². The number of benzene rings is 1. The average Bonchev–Trinajstić information content (AvgIpc) is 2.76. The number of carbonyl (C=O) groups is 5. The van der Waals surface area contributed by atoms with Crippen LogP contribution in [-0.4, -0.2) is 57.6 Å². The lowest BCUT2D eigenvalue weighted by atomic mass is 10.0. The summed E-state index contributed by atoms with van der Waals surface area (Å²) in [5.41, 5.74) is 2.25. The number of carboxylic acid groups (broad SMARTS) is 1. The smallest absolute Gasteiger partial charge is 0.305 e. The molecule has 13 heteroatoms. The SMILES string of the molecule is CC(C)C[C@H](NC(=O)c1coc2ccccc2c1=O)C(=O)N[C@@H](CC(=O)O)C(=O)NC(C)(O)CC(N)=O. The van der Waals surface area contributed by atoms with Crippen LogP contribution in [-0.2, 0) is 19.2 Å². The maximum absolute atomic E-state index is 13.0. The second-order valence-corrected chi connectivity index (χ2v) is 9.20. The monoisotopic (exact) mass is 518 g/mol. The number of nitrogens with two attached hydrogens (primary N) is 1. The summed E-state index contributed by atoms with van der Waals surface area (Å²) < 4.78 is 5.35. The van der Waals surface area contributed by atoms with Gasteiger partial charge in [-0.25, -0.2) is 0 Å². The van der Waals surface area contributed by atoms with Crippen molar-refractivity contribution >= 4 is 40.6 Å². The number of carboxylic acids is 1. The average molecular weight is 519 g/mol.